The number of nitrogens with zero attached hydrogens (tertiary/aromatic N) is 3. The molecule has 2 heterocycles. The van der Waals surface area contributed by atoms with Crippen LogP contribution in [0.5, 0.6) is 0 Å². The molecule has 154 valence electrons. The van der Waals surface area contributed by atoms with Crippen LogP contribution in [0.15, 0.2) is 30.5 Å². The molecule has 0 spiro atoms. The van der Waals surface area contributed by atoms with Crippen molar-refractivity contribution in [3.63, 3.8) is 0 Å². The molecule has 3 aromatic rings. The maximum absolute atomic E-state index is 12.5. The Bertz CT molecular complexity index is 1050. The lowest BCUT2D eigenvalue weighted by Crippen LogP contribution is -2.13. The van der Waals surface area contributed by atoms with Crippen LogP contribution in [0.25, 0.3) is 10.9 Å². The number of nitrogens with one attached hydrogen (secondary N) is 1. The van der Waals surface area contributed by atoms with Gasteiger partial charge in [-0.15, -0.1) is 0 Å². The Hall–Kier alpha value is -3.09. The summed E-state index contributed by atoms with van der Waals surface area (Å²) in [5, 5.41) is 17.4. The minimum Gasteiger partial charge on any atom is -0.480 e. The van der Waals surface area contributed by atoms with Crippen LogP contribution in [-0.4, -0.2) is 31.3 Å². The maximum Gasteiger partial charge on any atom is 0.323 e. The maximum atomic E-state index is 12.5. The van der Waals surface area contributed by atoms with E-state index in [1.807, 2.05) is 29.8 Å². The number of benzene rings is 1. The molecule has 7 heteroatoms. The number of aromatic nitrogens is 3. The summed E-state index contributed by atoms with van der Waals surface area (Å²) in [6.45, 7) is 9.17. The smallest absolute Gasteiger partial charge is 0.323 e. The first-order valence-electron chi connectivity index (χ1n) is 9.88. The summed E-state index contributed by atoms with van der Waals surface area (Å²) < 4.78 is 3.70. The highest BCUT2D eigenvalue weighted by Gasteiger charge is 2.14. The van der Waals surface area contributed by atoms with Crippen LogP contribution in [0.4, 0.5) is 5.69 Å². The van der Waals surface area contributed by atoms with Gasteiger partial charge in [-0.3, -0.25) is 14.3 Å². The van der Waals surface area contributed by atoms with E-state index in [1.54, 1.807) is 16.8 Å². The number of carbonyl (C=O) groups is 2. The van der Waals surface area contributed by atoms with Crippen molar-refractivity contribution in [3.8, 4) is 0 Å². The molecule has 7 nitrogen and oxygen atoms in total. The van der Waals surface area contributed by atoms with Crippen molar-refractivity contribution < 1.29 is 14.7 Å². The SMILES string of the molecule is Cc1nn(CC(C)C)c(C)c1CCC(=O)Nc1ccc2c(ccn2CC(=O)O)c1. The molecule has 0 aliphatic carbocycles. The third kappa shape index (κ3) is 4.85. The molecule has 3 rings (SSSR count). The van der Waals surface area contributed by atoms with Crippen LogP contribution in [0, 0.1) is 19.8 Å². The quantitative estimate of drug-likeness (QED) is 0.607. The largest absolute Gasteiger partial charge is 0.480 e. The molecule has 0 aliphatic heterocycles. The van der Waals surface area contributed by atoms with Gasteiger partial charge < -0.3 is 15.0 Å². The van der Waals surface area contributed by atoms with E-state index in [4.69, 9.17) is 5.11 Å². The number of carboxylic acids is 1. The fourth-order valence-electron chi connectivity index (χ4n) is 3.64. The van der Waals surface area contributed by atoms with Gasteiger partial charge in [-0.25, -0.2) is 0 Å². The van der Waals surface area contributed by atoms with Gasteiger partial charge in [0.1, 0.15) is 6.54 Å². The molecule has 2 aromatic heterocycles. The Morgan fingerprint density at radius 1 is 1.21 bits per heavy atom. The predicted molar refractivity (Wildman–Crippen MR) is 113 cm³/mol. The summed E-state index contributed by atoms with van der Waals surface area (Å²) in [7, 11) is 0. The van der Waals surface area contributed by atoms with Crippen molar-refractivity contribution in [2.75, 3.05) is 5.32 Å². The Balaban J connectivity index is 1.64. The Kier molecular flexibility index (Phi) is 6.06. The van der Waals surface area contributed by atoms with Gasteiger partial charge in [0, 0.05) is 41.4 Å². The lowest BCUT2D eigenvalue weighted by molar-refractivity contribution is -0.137. The zero-order chi connectivity index (χ0) is 21.1. The molecule has 0 atom stereocenters. The summed E-state index contributed by atoms with van der Waals surface area (Å²) in [6, 6.07) is 7.35. The van der Waals surface area contributed by atoms with Crippen LogP contribution >= 0.6 is 0 Å². The van der Waals surface area contributed by atoms with Crippen molar-refractivity contribution in [2.24, 2.45) is 5.92 Å². The Morgan fingerprint density at radius 2 is 1.97 bits per heavy atom. The third-order valence-corrected chi connectivity index (χ3v) is 5.03. The van der Waals surface area contributed by atoms with E-state index >= 15 is 0 Å². The second-order valence-electron chi connectivity index (χ2n) is 7.88. The van der Waals surface area contributed by atoms with Gasteiger partial charge in [-0.2, -0.15) is 5.10 Å². The first-order chi connectivity index (χ1) is 13.7. The molecular formula is C22H28N4O3. The first-order valence-corrected chi connectivity index (χ1v) is 9.88. The molecule has 0 aliphatic rings. The molecular weight excluding hydrogens is 368 g/mol. The number of aliphatic carboxylic acids is 1. The molecule has 0 saturated carbocycles. The van der Waals surface area contributed by atoms with E-state index in [0.29, 0.717) is 24.4 Å². The van der Waals surface area contributed by atoms with Crippen molar-refractivity contribution in [1.29, 1.82) is 0 Å². The van der Waals surface area contributed by atoms with E-state index in [1.165, 1.54) is 0 Å². The molecule has 2 N–H and O–H groups in total. The third-order valence-electron chi connectivity index (χ3n) is 5.03. The summed E-state index contributed by atoms with van der Waals surface area (Å²) in [5.41, 5.74) is 4.79. The van der Waals surface area contributed by atoms with Gasteiger partial charge >= 0.3 is 5.97 Å². The van der Waals surface area contributed by atoms with Crippen LogP contribution in [0.3, 0.4) is 0 Å². The fraction of sp³-hybridized carbons (Fsp3) is 0.409. The average molecular weight is 396 g/mol. The molecule has 29 heavy (non-hydrogen) atoms. The highest BCUT2D eigenvalue weighted by molar-refractivity contribution is 5.94. The summed E-state index contributed by atoms with van der Waals surface area (Å²) in [5.74, 6) is -0.420. The van der Waals surface area contributed by atoms with Gasteiger partial charge in [0.2, 0.25) is 5.91 Å². The number of hydrogen-bond donors (Lipinski definition) is 2. The molecule has 0 saturated heterocycles. The number of anilines is 1. The zero-order valence-electron chi connectivity index (χ0n) is 17.4. The zero-order valence-corrected chi connectivity index (χ0v) is 17.4. The van der Waals surface area contributed by atoms with Crippen LogP contribution in [0.1, 0.15) is 37.2 Å². The van der Waals surface area contributed by atoms with Gasteiger partial charge in [-0.1, -0.05) is 13.8 Å². The van der Waals surface area contributed by atoms with Gasteiger partial charge in [0.05, 0.1) is 5.69 Å². The number of carbonyl (C=O) groups excluding carboxylic acids is 1. The number of carboxylic acid groups (broad SMARTS) is 1. The molecule has 1 amide bonds. The number of amides is 1. The van der Waals surface area contributed by atoms with Crippen molar-refractivity contribution in [2.45, 2.75) is 53.6 Å². The summed E-state index contributed by atoms with van der Waals surface area (Å²) in [4.78, 5) is 23.4. The molecule has 0 fully saturated rings. The topological polar surface area (TPSA) is 89.2 Å². The molecule has 0 unspecified atom stereocenters. The van der Waals surface area contributed by atoms with E-state index in [0.717, 1.165) is 34.4 Å². The lowest BCUT2D eigenvalue weighted by atomic mass is 10.1. The number of aryl methyl sites for hydroxylation is 1. The summed E-state index contributed by atoms with van der Waals surface area (Å²) in [6.07, 6.45) is 2.77. The normalized spacial score (nSPS) is 11.3. The highest BCUT2D eigenvalue weighted by atomic mass is 16.4. The van der Waals surface area contributed by atoms with Crippen molar-refractivity contribution >= 4 is 28.5 Å². The predicted octanol–water partition coefficient (Wildman–Crippen LogP) is 3.77. The van der Waals surface area contributed by atoms with Crippen LogP contribution in [0.2, 0.25) is 0 Å². The standard InChI is InChI=1S/C22H28N4O3/c1-14(2)12-26-16(4)19(15(3)24-26)6-8-21(27)23-18-5-7-20-17(11-18)9-10-25(20)13-22(28)29/h5,7,9-11,14H,6,8,12-13H2,1-4H3,(H,23,27)(H,28,29). The minimum atomic E-state index is -0.887. The second kappa shape index (κ2) is 8.51. The van der Waals surface area contributed by atoms with Gasteiger partial charge in [0.15, 0.2) is 0 Å². The first kappa shape index (κ1) is 20.6. The second-order valence-corrected chi connectivity index (χ2v) is 7.88. The van der Waals surface area contributed by atoms with Crippen molar-refractivity contribution in [1.82, 2.24) is 14.3 Å². The van der Waals surface area contributed by atoms with E-state index in [-0.39, 0.29) is 12.5 Å². The van der Waals surface area contributed by atoms with Gasteiger partial charge in [0.25, 0.3) is 0 Å². The number of hydrogen-bond acceptors (Lipinski definition) is 3. The van der Waals surface area contributed by atoms with E-state index < -0.39 is 5.97 Å². The molecule has 0 radical (unpaired) electrons. The minimum absolute atomic E-state index is 0.0512. The van der Waals surface area contributed by atoms with E-state index in [9.17, 15) is 9.59 Å². The lowest BCUT2D eigenvalue weighted by Gasteiger charge is -2.09. The van der Waals surface area contributed by atoms with E-state index in [2.05, 4.69) is 31.2 Å². The van der Waals surface area contributed by atoms with Crippen LogP contribution < -0.4 is 5.32 Å². The van der Waals surface area contributed by atoms with Crippen LogP contribution in [-0.2, 0) is 29.1 Å². The monoisotopic (exact) mass is 396 g/mol. The highest BCUT2D eigenvalue weighted by Crippen LogP contribution is 2.21. The summed E-state index contributed by atoms with van der Waals surface area (Å²) >= 11 is 0. The number of fused-ring (bicyclic) bond motifs is 1. The molecule has 0 bridgehead atoms. The Morgan fingerprint density at radius 3 is 2.66 bits per heavy atom. The molecule has 1 aromatic carbocycles. The fourth-order valence-corrected chi connectivity index (χ4v) is 3.64. The number of rotatable bonds is 8. The average Bonchev–Trinajstić information content (AvgIpc) is 3.13. The Labute approximate surface area is 170 Å². The van der Waals surface area contributed by atoms with Crippen molar-refractivity contribution in [3.05, 3.63) is 47.4 Å². The van der Waals surface area contributed by atoms with Gasteiger partial charge in [-0.05, 0) is 56.0 Å².